The zero-order chi connectivity index (χ0) is 6.97. The van der Waals surface area contributed by atoms with Gasteiger partial charge in [0.1, 0.15) is 0 Å². The molecule has 0 N–H and O–H groups in total. The van der Waals surface area contributed by atoms with Crippen molar-refractivity contribution in [2.24, 2.45) is 0 Å². The molecule has 0 radical (unpaired) electrons. The van der Waals surface area contributed by atoms with Gasteiger partial charge in [-0.25, -0.2) is 0 Å². The minimum absolute atomic E-state index is 0.664. The van der Waals surface area contributed by atoms with Crippen LogP contribution in [0.3, 0.4) is 0 Å². The van der Waals surface area contributed by atoms with E-state index in [-0.39, 0.29) is 0 Å². The van der Waals surface area contributed by atoms with Crippen molar-refractivity contribution in [3.63, 3.8) is 0 Å². The van der Waals surface area contributed by atoms with Crippen molar-refractivity contribution < 1.29 is 4.52 Å². The van der Waals surface area contributed by atoms with Crippen molar-refractivity contribution in [2.75, 3.05) is 0 Å². The molecule has 0 amide bonds. The molecule has 2 heterocycles. The molecule has 0 saturated carbocycles. The molecule has 1 aliphatic rings. The number of nitrogens with zero attached hydrogens (tertiary/aromatic N) is 2. The van der Waals surface area contributed by atoms with Crippen molar-refractivity contribution in [1.82, 2.24) is 9.58 Å². The second kappa shape index (κ2) is 2.02. The Kier molecular flexibility index (Phi) is 1.17. The van der Waals surface area contributed by atoms with Crippen LogP contribution >= 0.6 is 11.8 Å². The molecule has 2 rings (SSSR count). The summed E-state index contributed by atoms with van der Waals surface area (Å²) in [6.45, 7) is 0.664. The molecular formula is C6H5ClN2O. The molecular weight excluding hydrogens is 152 g/mol. The number of fused-ring (bicyclic) bond motifs is 1. The lowest BCUT2D eigenvalue weighted by Gasteiger charge is -2.11. The van der Waals surface area contributed by atoms with Gasteiger partial charge in [-0.2, -0.15) is 0 Å². The van der Waals surface area contributed by atoms with Crippen LogP contribution in [-0.2, 0) is 6.54 Å². The summed E-state index contributed by atoms with van der Waals surface area (Å²) in [5.74, 6) is 0.803. The van der Waals surface area contributed by atoms with Gasteiger partial charge >= 0.3 is 0 Å². The van der Waals surface area contributed by atoms with Gasteiger partial charge in [0.2, 0.25) is 0 Å². The first-order chi connectivity index (χ1) is 4.86. The normalized spacial score (nSPS) is 15.5. The van der Waals surface area contributed by atoms with E-state index in [9.17, 15) is 0 Å². The Balaban J connectivity index is 2.43. The van der Waals surface area contributed by atoms with Crippen LogP contribution in [-0.4, -0.2) is 9.58 Å². The summed E-state index contributed by atoms with van der Waals surface area (Å²) in [4.78, 5) is 0. The van der Waals surface area contributed by atoms with Gasteiger partial charge in [0.25, 0.3) is 0 Å². The fraction of sp³-hybridized carbons (Fsp3) is 0.167. The summed E-state index contributed by atoms with van der Waals surface area (Å²) in [6.07, 6.45) is 5.21. The predicted octanol–water partition coefficient (Wildman–Crippen LogP) is 1.61. The SMILES string of the molecule is ClN1C=Cc2oncc2C1. The summed E-state index contributed by atoms with van der Waals surface area (Å²) in [6, 6.07) is 0. The van der Waals surface area contributed by atoms with Crippen LogP contribution in [0.5, 0.6) is 0 Å². The number of hydrogen-bond acceptors (Lipinski definition) is 3. The number of hydrogen-bond donors (Lipinski definition) is 0. The van der Waals surface area contributed by atoms with Crippen LogP contribution in [0.4, 0.5) is 0 Å². The van der Waals surface area contributed by atoms with Gasteiger partial charge in [0, 0.05) is 29.6 Å². The Morgan fingerprint density at radius 1 is 1.70 bits per heavy atom. The van der Waals surface area contributed by atoms with Crippen molar-refractivity contribution in [1.29, 1.82) is 0 Å². The molecule has 4 heteroatoms. The maximum atomic E-state index is 5.68. The maximum Gasteiger partial charge on any atom is 0.166 e. The maximum absolute atomic E-state index is 5.68. The first kappa shape index (κ1) is 5.80. The molecule has 3 nitrogen and oxygen atoms in total. The second-order valence-corrected chi connectivity index (χ2v) is 2.52. The smallest absolute Gasteiger partial charge is 0.166 e. The van der Waals surface area contributed by atoms with Crippen LogP contribution in [0.1, 0.15) is 11.3 Å². The molecule has 1 aromatic rings. The standard InChI is InChI=1S/C6H5ClN2O/c7-9-2-1-6-5(4-9)3-8-10-6/h1-3H,4H2. The van der Waals surface area contributed by atoms with Gasteiger partial charge in [0.05, 0.1) is 12.7 Å². The number of aromatic nitrogens is 1. The van der Waals surface area contributed by atoms with E-state index in [1.54, 1.807) is 22.9 Å². The Labute approximate surface area is 63.0 Å². The van der Waals surface area contributed by atoms with Crippen molar-refractivity contribution in [3.8, 4) is 0 Å². The van der Waals surface area contributed by atoms with Crippen LogP contribution in [0.15, 0.2) is 16.9 Å². The third kappa shape index (κ3) is 0.789. The number of halogens is 1. The Bertz CT molecular complexity index is 268. The molecule has 0 spiro atoms. The molecule has 0 aromatic carbocycles. The van der Waals surface area contributed by atoms with Crippen LogP contribution < -0.4 is 0 Å². The van der Waals surface area contributed by atoms with Crippen LogP contribution in [0.25, 0.3) is 6.08 Å². The zero-order valence-corrected chi connectivity index (χ0v) is 5.88. The van der Waals surface area contributed by atoms with E-state index in [1.807, 2.05) is 0 Å². The van der Waals surface area contributed by atoms with Crippen molar-refractivity contribution in [3.05, 3.63) is 23.7 Å². The molecule has 0 atom stereocenters. The Morgan fingerprint density at radius 2 is 2.60 bits per heavy atom. The molecule has 10 heavy (non-hydrogen) atoms. The van der Waals surface area contributed by atoms with Crippen molar-refractivity contribution in [2.45, 2.75) is 6.54 Å². The molecule has 1 aromatic heterocycles. The number of rotatable bonds is 0. The summed E-state index contributed by atoms with van der Waals surface area (Å²) in [5, 5.41) is 3.63. The van der Waals surface area contributed by atoms with Crippen LogP contribution in [0, 0.1) is 0 Å². The van der Waals surface area contributed by atoms with Gasteiger partial charge in [-0.3, -0.25) is 4.42 Å². The molecule has 52 valence electrons. The highest BCUT2D eigenvalue weighted by atomic mass is 35.5. The average molecular weight is 157 g/mol. The summed E-state index contributed by atoms with van der Waals surface area (Å²) in [5.41, 5.74) is 1.03. The highest BCUT2D eigenvalue weighted by molar-refractivity contribution is 6.14. The Hall–Kier alpha value is -0.960. The zero-order valence-electron chi connectivity index (χ0n) is 5.12. The lowest BCUT2D eigenvalue weighted by atomic mass is 10.2. The van der Waals surface area contributed by atoms with E-state index in [1.165, 1.54) is 0 Å². The first-order valence-corrected chi connectivity index (χ1v) is 3.24. The summed E-state index contributed by atoms with van der Waals surface area (Å²) in [7, 11) is 0. The minimum atomic E-state index is 0.664. The second-order valence-electron chi connectivity index (χ2n) is 2.09. The average Bonchev–Trinajstić information content (AvgIpc) is 2.33. The fourth-order valence-electron chi connectivity index (χ4n) is 0.889. The third-order valence-corrected chi connectivity index (χ3v) is 1.62. The van der Waals surface area contributed by atoms with Gasteiger partial charge in [-0.15, -0.1) is 0 Å². The van der Waals surface area contributed by atoms with E-state index in [4.69, 9.17) is 16.3 Å². The van der Waals surface area contributed by atoms with Gasteiger partial charge in [0.15, 0.2) is 5.76 Å². The predicted molar refractivity (Wildman–Crippen MR) is 36.9 cm³/mol. The highest BCUT2D eigenvalue weighted by Gasteiger charge is 2.11. The van der Waals surface area contributed by atoms with E-state index in [0.717, 1.165) is 11.3 Å². The molecule has 0 saturated heterocycles. The Morgan fingerprint density at radius 3 is 3.50 bits per heavy atom. The van der Waals surface area contributed by atoms with E-state index < -0.39 is 0 Å². The molecule has 0 bridgehead atoms. The lowest BCUT2D eigenvalue weighted by Crippen LogP contribution is -2.06. The highest BCUT2D eigenvalue weighted by Crippen LogP contribution is 2.19. The lowest BCUT2D eigenvalue weighted by molar-refractivity contribution is 0.407. The quantitative estimate of drug-likeness (QED) is 0.535. The minimum Gasteiger partial charge on any atom is -0.357 e. The van der Waals surface area contributed by atoms with Crippen LogP contribution in [0.2, 0.25) is 0 Å². The van der Waals surface area contributed by atoms with Gasteiger partial charge in [-0.05, 0) is 0 Å². The monoisotopic (exact) mass is 156 g/mol. The third-order valence-electron chi connectivity index (χ3n) is 1.39. The topological polar surface area (TPSA) is 29.3 Å². The van der Waals surface area contributed by atoms with E-state index in [0.29, 0.717) is 6.54 Å². The van der Waals surface area contributed by atoms with E-state index in [2.05, 4.69) is 5.16 Å². The summed E-state index contributed by atoms with van der Waals surface area (Å²) < 4.78 is 6.44. The molecule has 1 aliphatic heterocycles. The fourth-order valence-corrected chi connectivity index (χ4v) is 1.07. The van der Waals surface area contributed by atoms with Gasteiger partial charge < -0.3 is 4.52 Å². The molecule has 0 fully saturated rings. The molecule has 0 aliphatic carbocycles. The first-order valence-electron chi connectivity index (χ1n) is 2.90. The largest absolute Gasteiger partial charge is 0.357 e. The summed E-state index contributed by atoms with van der Waals surface area (Å²) >= 11 is 5.68. The van der Waals surface area contributed by atoms with E-state index >= 15 is 0 Å². The van der Waals surface area contributed by atoms with Crippen molar-refractivity contribution >= 4 is 17.9 Å². The molecule has 0 unspecified atom stereocenters. The van der Waals surface area contributed by atoms with Gasteiger partial charge in [-0.1, -0.05) is 5.16 Å².